The number of piperazine rings is 1. The number of benzene rings is 1. The van der Waals surface area contributed by atoms with E-state index in [0.29, 0.717) is 0 Å². The predicted molar refractivity (Wildman–Crippen MR) is 81.3 cm³/mol. The molecule has 0 radical (unpaired) electrons. The molecule has 0 bridgehead atoms. The van der Waals surface area contributed by atoms with Crippen LogP contribution in [0.25, 0.3) is 0 Å². The number of sulfone groups is 1. The molecular formula is C14H22N2O3S. The number of rotatable bonds is 6. The molecule has 1 aromatic rings. The molecule has 0 saturated carbocycles. The van der Waals surface area contributed by atoms with Crippen LogP contribution in [0.1, 0.15) is 6.92 Å². The van der Waals surface area contributed by atoms with Gasteiger partial charge in [0.15, 0.2) is 9.84 Å². The molecule has 0 atom stereocenters. The third-order valence-electron chi connectivity index (χ3n) is 3.40. The molecule has 112 valence electrons. The fraction of sp³-hybridized carbons (Fsp3) is 0.571. The second-order valence-electron chi connectivity index (χ2n) is 4.82. The van der Waals surface area contributed by atoms with Crippen molar-refractivity contribution in [2.75, 3.05) is 49.2 Å². The summed E-state index contributed by atoms with van der Waals surface area (Å²) in [5.41, 5.74) is 1.13. The van der Waals surface area contributed by atoms with Gasteiger partial charge in [-0.3, -0.25) is 0 Å². The van der Waals surface area contributed by atoms with Crippen molar-refractivity contribution >= 4 is 15.5 Å². The summed E-state index contributed by atoms with van der Waals surface area (Å²) in [4.78, 5) is 2.30. The number of hydrogen-bond acceptors (Lipinski definition) is 5. The normalized spacial score (nSPS) is 16.1. The van der Waals surface area contributed by atoms with E-state index in [4.69, 9.17) is 4.74 Å². The molecule has 0 spiro atoms. The van der Waals surface area contributed by atoms with Crippen molar-refractivity contribution in [2.24, 2.45) is 0 Å². The zero-order chi connectivity index (χ0) is 14.4. The Labute approximate surface area is 120 Å². The van der Waals surface area contributed by atoms with Crippen molar-refractivity contribution in [2.45, 2.75) is 6.92 Å². The number of hydrogen-bond donors (Lipinski definition) is 1. The van der Waals surface area contributed by atoms with Gasteiger partial charge in [0.05, 0.1) is 5.75 Å². The monoisotopic (exact) mass is 298 g/mol. The van der Waals surface area contributed by atoms with E-state index in [9.17, 15) is 8.42 Å². The molecule has 1 fully saturated rings. The lowest BCUT2D eigenvalue weighted by Crippen LogP contribution is -2.43. The van der Waals surface area contributed by atoms with Crippen molar-refractivity contribution in [3.8, 4) is 5.75 Å². The SMILES string of the molecule is CCS(=O)(=O)CCOc1cccc(N2CCNCC2)c1. The lowest BCUT2D eigenvalue weighted by Gasteiger charge is -2.29. The van der Waals surface area contributed by atoms with E-state index in [0.717, 1.165) is 37.6 Å². The zero-order valence-corrected chi connectivity index (χ0v) is 12.7. The highest BCUT2D eigenvalue weighted by molar-refractivity contribution is 7.91. The van der Waals surface area contributed by atoms with Crippen LogP contribution in [0.3, 0.4) is 0 Å². The van der Waals surface area contributed by atoms with E-state index in [1.165, 1.54) is 0 Å². The lowest BCUT2D eigenvalue weighted by molar-refractivity contribution is 0.341. The summed E-state index contributed by atoms with van der Waals surface area (Å²) in [7, 11) is -2.96. The van der Waals surface area contributed by atoms with Crippen LogP contribution < -0.4 is 15.0 Å². The van der Waals surface area contributed by atoms with Gasteiger partial charge >= 0.3 is 0 Å². The maximum absolute atomic E-state index is 11.4. The lowest BCUT2D eigenvalue weighted by atomic mass is 10.2. The highest BCUT2D eigenvalue weighted by atomic mass is 32.2. The Balaban J connectivity index is 1.92. The third kappa shape index (κ3) is 4.38. The van der Waals surface area contributed by atoms with Crippen LogP contribution in [-0.2, 0) is 9.84 Å². The van der Waals surface area contributed by atoms with Gasteiger partial charge in [-0.05, 0) is 12.1 Å². The van der Waals surface area contributed by atoms with E-state index in [1.807, 2.05) is 18.2 Å². The summed E-state index contributed by atoms with van der Waals surface area (Å²) < 4.78 is 28.4. The Kier molecular flexibility index (Phi) is 5.25. The van der Waals surface area contributed by atoms with Gasteiger partial charge in [0.2, 0.25) is 0 Å². The van der Waals surface area contributed by atoms with Gasteiger partial charge in [0.25, 0.3) is 0 Å². The van der Waals surface area contributed by atoms with Crippen LogP contribution in [0.2, 0.25) is 0 Å². The van der Waals surface area contributed by atoms with Gasteiger partial charge in [-0.15, -0.1) is 0 Å². The van der Waals surface area contributed by atoms with Gasteiger partial charge in [-0.25, -0.2) is 8.42 Å². The van der Waals surface area contributed by atoms with Crippen molar-refractivity contribution in [3.05, 3.63) is 24.3 Å². The van der Waals surface area contributed by atoms with Crippen molar-refractivity contribution in [1.29, 1.82) is 0 Å². The molecule has 20 heavy (non-hydrogen) atoms. The molecule has 1 saturated heterocycles. The Hall–Kier alpha value is -1.27. The maximum Gasteiger partial charge on any atom is 0.153 e. The topological polar surface area (TPSA) is 58.6 Å². The highest BCUT2D eigenvalue weighted by Gasteiger charge is 2.11. The Morgan fingerprint density at radius 1 is 1.30 bits per heavy atom. The van der Waals surface area contributed by atoms with Crippen LogP contribution in [0.4, 0.5) is 5.69 Å². The van der Waals surface area contributed by atoms with E-state index in [2.05, 4.69) is 16.3 Å². The van der Waals surface area contributed by atoms with E-state index in [1.54, 1.807) is 6.92 Å². The maximum atomic E-state index is 11.4. The molecular weight excluding hydrogens is 276 g/mol. The Morgan fingerprint density at radius 2 is 2.05 bits per heavy atom. The average Bonchev–Trinajstić information content (AvgIpc) is 2.48. The first-order chi connectivity index (χ1) is 9.61. The minimum Gasteiger partial charge on any atom is -0.492 e. The third-order valence-corrected chi connectivity index (χ3v) is 5.07. The molecule has 1 aromatic carbocycles. The second-order valence-corrected chi connectivity index (χ2v) is 7.29. The van der Waals surface area contributed by atoms with Crippen molar-refractivity contribution in [1.82, 2.24) is 5.32 Å². The van der Waals surface area contributed by atoms with Gasteiger partial charge < -0.3 is 15.0 Å². The van der Waals surface area contributed by atoms with E-state index >= 15 is 0 Å². The Bertz CT molecular complexity index is 525. The zero-order valence-electron chi connectivity index (χ0n) is 11.8. The summed E-state index contributed by atoms with van der Waals surface area (Å²) in [6, 6.07) is 7.84. The minimum atomic E-state index is -2.96. The Morgan fingerprint density at radius 3 is 2.75 bits per heavy atom. The van der Waals surface area contributed by atoms with E-state index in [-0.39, 0.29) is 18.1 Å². The molecule has 1 N–H and O–H groups in total. The summed E-state index contributed by atoms with van der Waals surface area (Å²) in [5, 5.41) is 3.32. The average molecular weight is 298 g/mol. The largest absolute Gasteiger partial charge is 0.492 e. The fourth-order valence-electron chi connectivity index (χ4n) is 2.12. The molecule has 1 aliphatic rings. The van der Waals surface area contributed by atoms with Crippen LogP contribution in [-0.4, -0.2) is 52.7 Å². The highest BCUT2D eigenvalue weighted by Crippen LogP contribution is 2.21. The smallest absolute Gasteiger partial charge is 0.153 e. The molecule has 6 heteroatoms. The molecule has 1 heterocycles. The summed E-state index contributed by atoms with van der Waals surface area (Å²) >= 11 is 0. The molecule has 5 nitrogen and oxygen atoms in total. The van der Waals surface area contributed by atoms with E-state index < -0.39 is 9.84 Å². The quantitative estimate of drug-likeness (QED) is 0.846. The van der Waals surface area contributed by atoms with Crippen LogP contribution >= 0.6 is 0 Å². The summed E-state index contributed by atoms with van der Waals surface area (Å²) in [6.07, 6.45) is 0. The van der Waals surface area contributed by atoms with Gasteiger partial charge in [-0.2, -0.15) is 0 Å². The molecule has 0 unspecified atom stereocenters. The molecule has 2 rings (SSSR count). The van der Waals surface area contributed by atoms with Crippen LogP contribution in [0, 0.1) is 0 Å². The summed E-state index contributed by atoms with van der Waals surface area (Å²) in [6.45, 7) is 5.79. The molecule has 1 aliphatic heterocycles. The van der Waals surface area contributed by atoms with Gasteiger partial charge in [0, 0.05) is 43.7 Å². The van der Waals surface area contributed by atoms with Gasteiger partial charge in [0.1, 0.15) is 12.4 Å². The molecule has 0 aliphatic carbocycles. The first-order valence-electron chi connectivity index (χ1n) is 7.00. The first kappa shape index (κ1) is 15.1. The van der Waals surface area contributed by atoms with Crippen molar-refractivity contribution in [3.63, 3.8) is 0 Å². The predicted octanol–water partition coefficient (Wildman–Crippen LogP) is 0.910. The minimum absolute atomic E-state index is 0.0708. The second kappa shape index (κ2) is 6.95. The fourth-order valence-corrected chi connectivity index (χ4v) is 2.75. The molecule has 0 amide bonds. The van der Waals surface area contributed by atoms with Gasteiger partial charge in [-0.1, -0.05) is 13.0 Å². The van der Waals surface area contributed by atoms with Crippen LogP contribution in [0.5, 0.6) is 5.75 Å². The van der Waals surface area contributed by atoms with Crippen LogP contribution in [0.15, 0.2) is 24.3 Å². The number of ether oxygens (including phenoxy) is 1. The number of nitrogens with one attached hydrogen (secondary N) is 1. The first-order valence-corrected chi connectivity index (χ1v) is 8.82. The standard InChI is InChI=1S/C14H22N2O3S/c1-2-20(17,18)11-10-19-14-5-3-4-13(12-14)16-8-6-15-7-9-16/h3-5,12,15H,2,6-11H2,1H3. The number of nitrogens with zero attached hydrogens (tertiary/aromatic N) is 1. The summed E-state index contributed by atoms with van der Waals surface area (Å²) in [5.74, 6) is 0.964. The molecule has 0 aromatic heterocycles. The number of anilines is 1. The van der Waals surface area contributed by atoms with Crippen molar-refractivity contribution < 1.29 is 13.2 Å².